The van der Waals surface area contributed by atoms with Crippen LogP contribution in [0.1, 0.15) is 19.7 Å². The molecular formula is C12H19N5O2S. The van der Waals surface area contributed by atoms with Gasteiger partial charge in [0, 0.05) is 25.8 Å². The van der Waals surface area contributed by atoms with Gasteiger partial charge in [-0.25, -0.2) is 4.98 Å². The maximum absolute atomic E-state index is 12.0. The number of amides is 2. The molecule has 7 nitrogen and oxygen atoms in total. The standard InChI is InChI=1S/C12H19N5O2S/c1-12(2)11(19)16-8(6-20-12)10(18)13-5-4-9-14-7-15-17(9)3/h7-8H,4-6H2,1-3H3,(H,13,18)(H,16,19)/t8-/m0/s1. The first-order valence-electron chi connectivity index (χ1n) is 6.45. The van der Waals surface area contributed by atoms with Gasteiger partial charge in [0.1, 0.15) is 18.2 Å². The van der Waals surface area contributed by atoms with Crippen LogP contribution in [0.2, 0.25) is 0 Å². The molecule has 0 radical (unpaired) electrons. The minimum absolute atomic E-state index is 0.0952. The second kappa shape index (κ2) is 5.82. The van der Waals surface area contributed by atoms with Crippen LogP contribution < -0.4 is 10.6 Å². The quantitative estimate of drug-likeness (QED) is 0.781. The topological polar surface area (TPSA) is 88.9 Å². The van der Waals surface area contributed by atoms with Crippen LogP contribution >= 0.6 is 11.8 Å². The highest BCUT2D eigenvalue weighted by molar-refractivity contribution is 8.01. The lowest BCUT2D eigenvalue weighted by Crippen LogP contribution is -2.57. The molecule has 0 aliphatic carbocycles. The molecule has 0 spiro atoms. The van der Waals surface area contributed by atoms with Crippen molar-refractivity contribution in [1.29, 1.82) is 0 Å². The Morgan fingerprint density at radius 3 is 3.00 bits per heavy atom. The summed E-state index contributed by atoms with van der Waals surface area (Å²) in [5.74, 6) is 1.16. The van der Waals surface area contributed by atoms with Gasteiger partial charge in [-0.05, 0) is 13.8 Å². The first-order chi connectivity index (χ1) is 9.40. The Morgan fingerprint density at radius 1 is 1.65 bits per heavy atom. The summed E-state index contributed by atoms with van der Waals surface area (Å²) in [6.45, 7) is 4.19. The van der Waals surface area contributed by atoms with Gasteiger partial charge in [0.25, 0.3) is 0 Å². The van der Waals surface area contributed by atoms with Gasteiger partial charge in [-0.3, -0.25) is 14.3 Å². The first-order valence-corrected chi connectivity index (χ1v) is 7.44. The molecule has 2 rings (SSSR count). The molecule has 1 atom stereocenters. The van der Waals surface area contributed by atoms with Crippen molar-refractivity contribution in [2.45, 2.75) is 31.1 Å². The van der Waals surface area contributed by atoms with E-state index in [1.165, 1.54) is 18.1 Å². The summed E-state index contributed by atoms with van der Waals surface area (Å²) in [5, 5.41) is 9.54. The minimum Gasteiger partial charge on any atom is -0.354 e. The monoisotopic (exact) mass is 297 g/mol. The third kappa shape index (κ3) is 3.30. The Balaban J connectivity index is 1.78. The number of nitrogens with one attached hydrogen (secondary N) is 2. The molecule has 0 aromatic carbocycles. The normalized spacial score (nSPS) is 21.4. The molecule has 1 aromatic heterocycles. The van der Waals surface area contributed by atoms with Crippen molar-refractivity contribution in [3.05, 3.63) is 12.2 Å². The van der Waals surface area contributed by atoms with E-state index in [9.17, 15) is 9.59 Å². The molecule has 1 aliphatic rings. The molecule has 1 saturated heterocycles. The van der Waals surface area contributed by atoms with E-state index >= 15 is 0 Å². The number of hydrogen-bond acceptors (Lipinski definition) is 5. The largest absolute Gasteiger partial charge is 0.354 e. The summed E-state index contributed by atoms with van der Waals surface area (Å²) in [7, 11) is 1.81. The van der Waals surface area contributed by atoms with E-state index < -0.39 is 10.8 Å². The van der Waals surface area contributed by atoms with Crippen molar-refractivity contribution in [2.75, 3.05) is 12.3 Å². The zero-order chi connectivity index (χ0) is 14.8. The van der Waals surface area contributed by atoms with Gasteiger partial charge < -0.3 is 10.6 Å². The average molecular weight is 297 g/mol. The van der Waals surface area contributed by atoms with E-state index in [0.717, 1.165) is 5.82 Å². The Bertz CT molecular complexity index is 514. The fourth-order valence-corrected chi connectivity index (χ4v) is 2.85. The predicted molar refractivity (Wildman–Crippen MR) is 76.2 cm³/mol. The number of carbonyl (C=O) groups excluding carboxylic acids is 2. The number of aromatic nitrogens is 3. The van der Waals surface area contributed by atoms with Crippen LogP contribution in [0.3, 0.4) is 0 Å². The van der Waals surface area contributed by atoms with Gasteiger partial charge in [-0.1, -0.05) is 0 Å². The molecule has 0 unspecified atom stereocenters. The molecule has 0 bridgehead atoms. The molecule has 2 amide bonds. The maximum atomic E-state index is 12.0. The summed E-state index contributed by atoms with van der Waals surface area (Å²) >= 11 is 1.50. The highest BCUT2D eigenvalue weighted by atomic mass is 32.2. The zero-order valence-electron chi connectivity index (χ0n) is 11.8. The van der Waals surface area contributed by atoms with Crippen molar-refractivity contribution in [1.82, 2.24) is 25.4 Å². The summed E-state index contributed by atoms with van der Waals surface area (Å²) in [6, 6.07) is -0.458. The molecule has 2 N–H and O–H groups in total. The van der Waals surface area contributed by atoms with Crippen LogP contribution in [-0.4, -0.2) is 49.7 Å². The Hall–Kier alpha value is -1.57. The van der Waals surface area contributed by atoms with Gasteiger partial charge in [0.2, 0.25) is 11.8 Å². The second-order valence-corrected chi connectivity index (χ2v) is 6.83. The van der Waals surface area contributed by atoms with E-state index in [0.29, 0.717) is 18.7 Å². The van der Waals surface area contributed by atoms with Gasteiger partial charge >= 0.3 is 0 Å². The lowest BCUT2D eigenvalue weighted by atomic mass is 10.1. The molecule has 1 fully saturated rings. The van der Waals surface area contributed by atoms with E-state index in [1.807, 2.05) is 20.9 Å². The smallest absolute Gasteiger partial charge is 0.243 e. The minimum atomic E-state index is -0.463. The number of carbonyl (C=O) groups is 2. The van der Waals surface area contributed by atoms with Crippen LogP contribution in [0.25, 0.3) is 0 Å². The molecule has 20 heavy (non-hydrogen) atoms. The van der Waals surface area contributed by atoms with E-state index in [4.69, 9.17) is 0 Å². The summed E-state index contributed by atoms with van der Waals surface area (Å²) in [4.78, 5) is 27.9. The third-order valence-corrected chi connectivity index (χ3v) is 4.64. The Kier molecular flexibility index (Phi) is 4.32. The molecule has 110 valence electrons. The van der Waals surface area contributed by atoms with Crippen LogP contribution in [0, 0.1) is 0 Å². The van der Waals surface area contributed by atoms with Crippen molar-refractivity contribution in [3.8, 4) is 0 Å². The maximum Gasteiger partial charge on any atom is 0.243 e. The molecular weight excluding hydrogens is 278 g/mol. The summed E-state index contributed by atoms with van der Waals surface area (Å²) < 4.78 is 1.21. The van der Waals surface area contributed by atoms with Crippen LogP contribution in [-0.2, 0) is 23.1 Å². The second-order valence-electron chi connectivity index (χ2n) is 5.19. The van der Waals surface area contributed by atoms with Gasteiger partial charge in [-0.2, -0.15) is 5.10 Å². The van der Waals surface area contributed by atoms with E-state index in [1.54, 1.807) is 4.68 Å². The van der Waals surface area contributed by atoms with Crippen molar-refractivity contribution in [3.63, 3.8) is 0 Å². The van der Waals surface area contributed by atoms with Crippen LogP contribution in [0.5, 0.6) is 0 Å². The number of aryl methyl sites for hydroxylation is 1. The van der Waals surface area contributed by atoms with Crippen LogP contribution in [0.4, 0.5) is 0 Å². The lowest BCUT2D eigenvalue weighted by molar-refractivity contribution is -0.129. The van der Waals surface area contributed by atoms with Gasteiger partial charge in [0.15, 0.2) is 0 Å². The van der Waals surface area contributed by atoms with Crippen molar-refractivity contribution >= 4 is 23.6 Å². The molecule has 1 aliphatic heterocycles. The third-order valence-electron chi connectivity index (χ3n) is 3.23. The predicted octanol–water partition coefficient (Wildman–Crippen LogP) is -0.516. The molecule has 0 saturated carbocycles. The fourth-order valence-electron chi connectivity index (χ4n) is 1.84. The Morgan fingerprint density at radius 2 is 2.40 bits per heavy atom. The van der Waals surface area contributed by atoms with Gasteiger partial charge in [-0.15, -0.1) is 11.8 Å². The first kappa shape index (κ1) is 14.8. The number of rotatable bonds is 4. The highest BCUT2D eigenvalue weighted by Crippen LogP contribution is 2.28. The highest BCUT2D eigenvalue weighted by Gasteiger charge is 2.37. The van der Waals surface area contributed by atoms with Crippen LogP contribution in [0.15, 0.2) is 6.33 Å². The molecule has 2 heterocycles. The summed E-state index contributed by atoms with van der Waals surface area (Å²) in [6.07, 6.45) is 2.10. The zero-order valence-corrected chi connectivity index (χ0v) is 12.7. The average Bonchev–Trinajstić information content (AvgIpc) is 2.78. The van der Waals surface area contributed by atoms with Gasteiger partial charge in [0.05, 0.1) is 4.75 Å². The number of thioether (sulfide) groups is 1. The van der Waals surface area contributed by atoms with Crippen molar-refractivity contribution in [2.24, 2.45) is 7.05 Å². The fraction of sp³-hybridized carbons (Fsp3) is 0.667. The SMILES string of the molecule is Cn1ncnc1CCNC(=O)[C@@H]1CSC(C)(C)C(=O)N1. The molecule has 8 heteroatoms. The van der Waals surface area contributed by atoms with Crippen molar-refractivity contribution < 1.29 is 9.59 Å². The number of nitrogens with zero attached hydrogens (tertiary/aromatic N) is 3. The molecule has 1 aromatic rings. The number of hydrogen-bond donors (Lipinski definition) is 2. The van der Waals surface area contributed by atoms with E-state index in [-0.39, 0.29) is 11.8 Å². The summed E-state index contributed by atoms with van der Waals surface area (Å²) in [5.41, 5.74) is 0. The lowest BCUT2D eigenvalue weighted by Gasteiger charge is -2.32. The van der Waals surface area contributed by atoms with E-state index in [2.05, 4.69) is 20.7 Å². The Labute approximate surface area is 121 Å².